The topological polar surface area (TPSA) is 41.6 Å². The first-order valence-electron chi connectivity index (χ1n) is 2.58. The van der Waals surface area contributed by atoms with Crippen molar-refractivity contribution in [3.63, 3.8) is 0 Å². The summed E-state index contributed by atoms with van der Waals surface area (Å²) < 4.78 is 12.5. The maximum Gasteiger partial charge on any atom is 0.257 e. The quantitative estimate of drug-likeness (QED) is 0.473. The number of nitrogens with zero attached hydrogens (tertiary/aromatic N) is 1. The van der Waals surface area contributed by atoms with Crippen LogP contribution >= 0.6 is 34.8 Å². The molecule has 0 heterocycles. The normalized spacial score (nSPS) is 17.8. The van der Waals surface area contributed by atoms with Gasteiger partial charge in [0.05, 0.1) is 7.11 Å². The molecular formula is C3H7Cl3N2O2S2. The average molecular weight is 274 g/mol. The van der Waals surface area contributed by atoms with Crippen LogP contribution in [0.5, 0.6) is 0 Å². The Balaban J connectivity index is 4.45. The highest BCUT2D eigenvalue weighted by atomic mass is 35.6. The lowest BCUT2D eigenvalue weighted by Gasteiger charge is -2.21. The smallest absolute Gasteiger partial charge is 0.257 e. The molecule has 0 amide bonds. The summed E-state index contributed by atoms with van der Waals surface area (Å²) in [4.78, 5) is 4.58. The van der Waals surface area contributed by atoms with Crippen molar-refractivity contribution in [2.75, 3.05) is 14.2 Å². The van der Waals surface area contributed by atoms with Gasteiger partial charge in [-0.25, -0.2) is 4.21 Å². The molecule has 1 atom stereocenters. The number of hydroxylamine groups is 1. The molecule has 0 bridgehead atoms. The molecule has 0 saturated carbocycles. The summed E-state index contributed by atoms with van der Waals surface area (Å²) in [6, 6.07) is 0. The molecule has 0 aliphatic rings. The molecule has 0 aromatic carbocycles. The van der Waals surface area contributed by atoms with E-state index in [0.717, 1.165) is 4.47 Å². The van der Waals surface area contributed by atoms with E-state index < -0.39 is 12.8 Å². The van der Waals surface area contributed by atoms with E-state index in [1.165, 1.54) is 14.2 Å². The van der Waals surface area contributed by atoms with Gasteiger partial charge < -0.3 is 0 Å². The van der Waals surface area contributed by atoms with Crippen LogP contribution in [0.1, 0.15) is 0 Å². The number of rotatable bonds is 3. The first-order valence-corrected chi connectivity index (χ1v) is 6.15. The molecule has 0 spiro atoms. The number of hydrogen-bond donors (Lipinski definition) is 1. The number of hydrogen-bond acceptors (Lipinski definition) is 3. The van der Waals surface area contributed by atoms with Crippen LogP contribution in [-0.2, 0) is 24.9 Å². The van der Waals surface area contributed by atoms with Crippen LogP contribution in [0.3, 0.4) is 0 Å². The van der Waals surface area contributed by atoms with Crippen LogP contribution in [-0.4, -0.2) is 26.8 Å². The lowest BCUT2D eigenvalue weighted by Crippen LogP contribution is -2.42. The molecule has 0 saturated heterocycles. The third kappa shape index (κ3) is 4.98. The minimum absolute atomic E-state index is 0.893. The third-order valence-electron chi connectivity index (χ3n) is 0.840. The standard InChI is InChI=1S/C3H7Cl3N2O2S2/c1-8(10-2)12(9,11)7-3(4,5)6/h7H,1-2H3. The summed E-state index contributed by atoms with van der Waals surface area (Å²) in [6.45, 7) is 0. The van der Waals surface area contributed by atoms with E-state index in [1.807, 2.05) is 0 Å². The summed E-state index contributed by atoms with van der Waals surface area (Å²) in [5, 5.41) is 0. The zero-order chi connectivity index (χ0) is 9.99. The van der Waals surface area contributed by atoms with E-state index in [2.05, 4.69) is 20.7 Å². The molecule has 0 aromatic rings. The summed E-state index contributed by atoms with van der Waals surface area (Å²) in [5.74, 6) is 0. The Kier molecular flexibility index (Phi) is 4.99. The Hall–Kier alpha value is 1.12. The van der Waals surface area contributed by atoms with Crippen molar-refractivity contribution < 1.29 is 9.05 Å². The minimum atomic E-state index is -3.07. The largest absolute Gasteiger partial charge is 0.289 e. The van der Waals surface area contributed by atoms with Gasteiger partial charge in [0, 0.05) is 18.2 Å². The van der Waals surface area contributed by atoms with Crippen molar-refractivity contribution in [3.05, 3.63) is 0 Å². The predicted molar refractivity (Wildman–Crippen MR) is 53.7 cm³/mol. The highest BCUT2D eigenvalue weighted by Gasteiger charge is 2.27. The second-order valence-corrected chi connectivity index (χ2v) is 7.00. The van der Waals surface area contributed by atoms with Gasteiger partial charge in [0.15, 0.2) is 8.86 Å². The SMILES string of the molecule is CON(C)S(=O)(=S)NC(Cl)(Cl)Cl. The van der Waals surface area contributed by atoms with Gasteiger partial charge in [-0.2, -0.15) is 4.72 Å². The van der Waals surface area contributed by atoms with Crippen LogP contribution in [0, 0.1) is 0 Å². The molecule has 0 fully saturated rings. The van der Waals surface area contributed by atoms with Crippen LogP contribution in [0.15, 0.2) is 0 Å². The van der Waals surface area contributed by atoms with Crippen molar-refractivity contribution in [2.45, 2.75) is 3.92 Å². The molecule has 1 N–H and O–H groups in total. The highest BCUT2D eigenvalue weighted by molar-refractivity contribution is 8.30. The van der Waals surface area contributed by atoms with Gasteiger partial charge in [-0.05, 0) is 0 Å². The zero-order valence-corrected chi connectivity index (χ0v) is 10.1. The lowest BCUT2D eigenvalue weighted by molar-refractivity contribution is -0.0220. The molecule has 0 aromatic heterocycles. The molecule has 0 radical (unpaired) electrons. The maximum atomic E-state index is 11.4. The Morgan fingerprint density at radius 3 is 2.25 bits per heavy atom. The van der Waals surface area contributed by atoms with Gasteiger partial charge in [-0.15, -0.1) is 0 Å². The Labute approximate surface area is 91.0 Å². The van der Waals surface area contributed by atoms with E-state index in [1.54, 1.807) is 0 Å². The molecule has 74 valence electrons. The van der Waals surface area contributed by atoms with Crippen LogP contribution in [0.4, 0.5) is 0 Å². The van der Waals surface area contributed by atoms with Crippen molar-refractivity contribution >= 4 is 54.9 Å². The van der Waals surface area contributed by atoms with Crippen LogP contribution in [0.25, 0.3) is 0 Å². The van der Waals surface area contributed by atoms with Crippen molar-refractivity contribution in [2.24, 2.45) is 0 Å². The second kappa shape index (κ2) is 4.56. The third-order valence-corrected chi connectivity index (χ3v) is 3.73. The van der Waals surface area contributed by atoms with Crippen LogP contribution < -0.4 is 4.72 Å². The number of alkyl halides is 3. The molecule has 9 heteroatoms. The molecule has 0 rings (SSSR count). The van der Waals surface area contributed by atoms with E-state index in [0.29, 0.717) is 0 Å². The molecule has 4 nitrogen and oxygen atoms in total. The molecule has 12 heavy (non-hydrogen) atoms. The summed E-state index contributed by atoms with van der Waals surface area (Å²) in [6.07, 6.45) is 0. The highest BCUT2D eigenvalue weighted by Crippen LogP contribution is 2.23. The van der Waals surface area contributed by atoms with Gasteiger partial charge in [-0.3, -0.25) is 4.84 Å². The van der Waals surface area contributed by atoms with Gasteiger partial charge in [0.1, 0.15) is 0 Å². The average Bonchev–Trinajstić information content (AvgIpc) is 1.80. The van der Waals surface area contributed by atoms with Crippen molar-refractivity contribution in [1.82, 2.24) is 9.19 Å². The first-order chi connectivity index (χ1) is 5.19. The Morgan fingerprint density at radius 2 is 2.00 bits per heavy atom. The fraction of sp³-hybridized carbons (Fsp3) is 1.00. The van der Waals surface area contributed by atoms with E-state index >= 15 is 0 Å². The molecule has 0 aliphatic heterocycles. The van der Waals surface area contributed by atoms with Crippen molar-refractivity contribution in [3.8, 4) is 0 Å². The van der Waals surface area contributed by atoms with Crippen molar-refractivity contribution in [1.29, 1.82) is 0 Å². The zero-order valence-electron chi connectivity index (χ0n) is 6.21. The monoisotopic (exact) mass is 272 g/mol. The second-order valence-electron chi connectivity index (χ2n) is 1.70. The first kappa shape index (κ1) is 13.1. The Morgan fingerprint density at radius 1 is 1.58 bits per heavy atom. The fourth-order valence-corrected chi connectivity index (χ4v) is 2.84. The van der Waals surface area contributed by atoms with Gasteiger partial charge in [-0.1, -0.05) is 39.3 Å². The molecule has 1 unspecified atom stereocenters. The fourth-order valence-electron chi connectivity index (χ4n) is 0.309. The van der Waals surface area contributed by atoms with E-state index in [9.17, 15) is 4.21 Å². The minimum Gasteiger partial charge on any atom is -0.289 e. The molecule has 0 aliphatic carbocycles. The Bertz CT molecular complexity index is 236. The maximum absolute atomic E-state index is 11.4. The molecular weight excluding hydrogens is 267 g/mol. The summed E-state index contributed by atoms with van der Waals surface area (Å²) in [7, 11) is -0.412. The van der Waals surface area contributed by atoms with Gasteiger partial charge >= 0.3 is 0 Å². The number of halogens is 3. The van der Waals surface area contributed by atoms with Crippen LogP contribution in [0.2, 0.25) is 0 Å². The van der Waals surface area contributed by atoms with E-state index in [-0.39, 0.29) is 0 Å². The number of nitrogens with one attached hydrogen (secondary N) is 1. The predicted octanol–water partition coefficient (Wildman–Crippen LogP) is 0.973. The van der Waals surface area contributed by atoms with Gasteiger partial charge in [0.25, 0.3) is 3.92 Å². The summed E-state index contributed by atoms with van der Waals surface area (Å²) in [5.41, 5.74) is 0. The van der Waals surface area contributed by atoms with Gasteiger partial charge in [0.2, 0.25) is 0 Å². The van der Waals surface area contributed by atoms with E-state index in [4.69, 9.17) is 34.8 Å². The summed E-state index contributed by atoms with van der Waals surface area (Å²) >= 11 is 20.5. The lowest BCUT2D eigenvalue weighted by atomic mass is 11.5.